The van der Waals surface area contributed by atoms with E-state index in [0.717, 1.165) is 6.54 Å². The van der Waals surface area contributed by atoms with Gasteiger partial charge in [0.15, 0.2) is 0 Å². The quantitative estimate of drug-likeness (QED) is 0.779. The molecule has 3 heteroatoms. The normalized spacial score (nSPS) is 10.6. The average Bonchev–Trinajstić information content (AvgIpc) is 2.44. The van der Waals surface area contributed by atoms with Crippen LogP contribution in [0, 0.1) is 0 Å². The standard InChI is InChI=1S/C16H20N2O/c1-2-18-16(19)9-10-17-12-13-7-8-14-5-3-4-6-15(14)11-13/h3-8,11,17H,2,9-10,12H2,1H3,(H,18,19). The number of fused-ring (bicyclic) bond motifs is 1. The second kappa shape index (κ2) is 6.90. The summed E-state index contributed by atoms with van der Waals surface area (Å²) in [4.78, 5) is 11.3. The SMILES string of the molecule is CCNC(=O)CCNCc1ccc2ccccc2c1. The minimum Gasteiger partial charge on any atom is -0.356 e. The van der Waals surface area contributed by atoms with Crippen LogP contribution in [-0.4, -0.2) is 19.0 Å². The highest BCUT2D eigenvalue weighted by atomic mass is 16.1. The molecule has 2 N–H and O–H groups in total. The van der Waals surface area contributed by atoms with Crippen LogP contribution in [0.3, 0.4) is 0 Å². The van der Waals surface area contributed by atoms with Crippen LogP contribution in [0.1, 0.15) is 18.9 Å². The molecule has 0 aliphatic rings. The Morgan fingerprint density at radius 3 is 2.68 bits per heavy atom. The number of rotatable bonds is 6. The van der Waals surface area contributed by atoms with Crippen molar-refractivity contribution in [3.8, 4) is 0 Å². The first-order chi connectivity index (χ1) is 9.29. The van der Waals surface area contributed by atoms with E-state index in [0.29, 0.717) is 19.5 Å². The van der Waals surface area contributed by atoms with Gasteiger partial charge >= 0.3 is 0 Å². The van der Waals surface area contributed by atoms with Crippen LogP contribution >= 0.6 is 0 Å². The molecule has 2 aromatic rings. The third-order valence-electron chi connectivity index (χ3n) is 3.05. The Kier molecular flexibility index (Phi) is 4.93. The Morgan fingerprint density at radius 1 is 1.11 bits per heavy atom. The summed E-state index contributed by atoms with van der Waals surface area (Å²) in [7, 11) is 0. The topological polar surface area (TPSA) is 41.1 Å². The van der Waals surface area contributed by atoms with E-state index in [9.17, 15) is 4.79 Å². The summed E-state index contributed by atoms with van der Waals surface area (Å²) in [6.07, 6.45) is 0.529. The average molecular weight is 256 g/mol. The highest BCUT2D eigenvalue weighted by molar-refractivity contribution is 5.83. The molecule has 1 amide bonds. The summed E-state index contributed by atoms with van der Waals surface area (Å²) in [5.41, 5.74) is 1.24. The fourth-order valence-electron chi connectivity index (χ4n) is 2.07. The lowest BCUT2D eigenvalue weighted by atomic mass is 10.1. The van der Waals surface area contributed by atoms with Gasteiger partial charge in [-0.1, -0.05) is 36.4 Å². The number of amides is 1. The van der Waals surface area contributed by atoms with Gasteiger partial charge in [0, 0.05) is 26.1 Å². The van der Waals surface area contributed by atoms with Gasteiger partial charge in [-0.05, 0) is 29.3 Å². The first-order valence-corrected chi connectivity index (χ1v) is 6.74. The summed E-state index contributed by atoms with van der Waals surface area (Å²) >= 11 is 0. The smallest absolute Gasteiger partial charge is 0.221 e. The van der Waals surface area contributed by atoms with E-state index < -0.39 is 0 Å². The molecule has 0 bridgehead atoms. The maximum absolute atomic E-state index is 11.3. The second-order valence-electron chi connectivity index (χ2n) is 4.56. The molecule has 2 aromatic carbocycles. The number of carbonyl (C=O) groups is 1. The monoisotopic (exact) mass is 256 g/mol. The van der Waals surface area contributed by atoms with Crippen molar-refractivity contribution in [3.63, 3.8) is 0 Å². The van der Waals surface area contributed by atoms with Crippen LogP contribution in [-0.2, 0) is 11.3 Å². The van der Waals surface area contributed by atoms with Gasteiger partial charge in [-0.25, -0.2) is 0 Å². The Morgan fingerprint density at radius 2 is 1.89 bits per heavy atom. The Balaban J connectivity index is 1.83. The molecule has 0 spiro atoms. The summed E-state index contributed by atoms with van der Waals surface area (Å²) in [5, 5.41) is 8.60. The molecule has 0 fully saturated rings. The molecule has 3 nitrogen and oxygen atoms in total. The van der Waals surface area contributed by atoms with Crippen molar-refractivity contribution < 1.29 is 4.79 Å². The minimum atomic E-state index is 0.105. The van der Waals surface area contributed by atoms with E-state index in [2.05, 4.69) is 47.0 Å². The van der Waals surface area contributed by atoms with Crippen molar-refractivity contribution >= 4 is 16.7 Å². The lowest BCUT2D eigenvalue weighted by Gasteiger charge is -2.06. The largest absolute Gasteiger partial charge is 0.356 e. The van der Waals surface area contributed by atoms with Crippen molar-refractivity contribution in [1.82, 2.24) is 10.6 Å². The molecule has 0 saturated carbocycles. The van der Waals surface area contributed by atoms with E-state index in [-0.39, 0.29) is 5.91 Å². The van der Waals surface area contributed by atoms with Crippen molar-refractivity contribution in [1.29, 1.82) is 0 Å². The van der Waals surface area contributed by atoms with Gasteiger partial charge < -0.3 is 10.6 Å². The Labute approximate surface area is 114 Å². The number of hydrogen-bond acceptors (Lipinski definition) is 2. The first-order valence-electron chi connectivity index (χ1n) is 6.74. The summed E-state index contributed by atoms with van der Waals surface area (Å²) in [6.45, 7) is 4.13. The van der Waals surface area contributed by atoms with Crippen LogP contribution < -0.4 is 10.6 Å². The zero-order valence-corrected chi connectivity index (χ0v) is 11.3. The van der Waals surface area contributed by atoms with E-state index in [1.807, 2.05) is 13.0 Å². The minimum absolute atomic E-state index is 0.105. The molecule has 0 heterocycles. The van der Waals surface area contributed by atoms with E-state index in [1.165, 1.54) is 16.3 Å². The number of carbonyl (C=O) groups excluding carboxylic acids is 1. The van der Waals surface area contributed by atoms with Gasteiger partial charge in [-0.2, -0.15) is 0 Å². The molecule has 0 radical (unpaired) electrons. The molecule has 0 aliphatic carbocycles. The lowest BCUT2D eigenvalue weighted by molar-refractivity contribution is -0.120. The molecule has 0 unspecified atom stereocenters. The van der Waals surface area contributed by atoms with Gasteiger partial charge in [-0.3, -0.25) is 4.79 Å². The van der Waals surface area contributed by atoms with Crippen molar-refractivity contribution in [2.24, 2.45) is 0 Å². The highest BCUT2D eigenvalue weighted by Crippen LogP contribution is 2.15. The Hall–Kier alpha value is -1.87. The van der Waals surface area contributed by atoms with Crippen molar-refractivity contribution in [3.05, 3.63) is 48.0 Å². The van der Waals surface area contributed by atoms with E-state index >= 15 is 0 Å². The third-order valence-corrected chi connectivity index (χ3v) is 3.05. The fourth-order valence-corrected chi connectivity index (χ4v) is 2.07. The molecule has 0 aliphatic heterocycles. The molecule has 0 saturated heterocycles. The molecular formula is C16H20N2O. The molecule has 19 heavy (non-hydrogen) atoms. The molecule has 2 rings (SSSR count). The zero-order valence-electron chi connectivity index (χ0n) is 11.3. The first kappa shape index (κ1) is 13.6. The molecule has 100 valence electrons. The van der Waals surface area contributed by atoms with Crippen LogP contribution in [0.5, 0.6) is 0 Å². The van der Waals surface area contributed by atoms with E-state index in [4.69, 9.17) is 0 Å². The summed E-state index contributed by atoms with van der Waals surface area (Å²) < 4.78 is 0. The van der Waals surface area contributed by atoms with Gasteiger partial charge in [0.05, 0.1) is 0 Å². The second-order valence-corrected chi connectivity index (χ2v) is 4.56. The van der Waals surface area contributed by atoms with E-state index in [1.54, 1.807) is 0 Å². The predicted octanol–water partition coefficient (Wildman–Crippen LogP) is 2.46. The van der Waals surface area contributed by atoms with Gasteiger partial charge in [0.1, 0.15) is 0 Å². The maximum atomic E-state index is 11.3. The fraction of sp³-hybridized carbons (Fsp3) is 0.312. The molecular weight excluding hydrogens is 236 g/mol. The maximum Gasteiger partial charge on any atom is 0.221 e. The van der Waals surface area contributed by atoms with Crippen LogP contribution in [0.2, 0.25) is 0 Å². The molecule has 0 aromatic heterocycles. The summed E-state index contributed by atoms with van der Waals surface area (Å²) in [5.74, 6) is 0.105. The number of hydrogen-bond donors (Lipinski definition) is 2. The van der Waals surface area contributed by atoms with Crippen LogP contribution in [0.4, 0.5) is 0 Å². The predicted molar refractivity (Wildman–Crippen MR) is 79.0 cm³/mol. The Bertz CT molecular complexity index is 551. The lowest BCUT2D eigenvalue weighted by Crippen LogP contribution is -2.27. The van der Waals surface area contributed by atoms with Gasteiger partial charge in [0.2, 0.25) is 5.91 Å². The summed E-state index contributed by atoms with van der Waals surface area (Å²) in [6, 6.07) is 14.8. The van der Waals surface area contributed by atoms with Gasteiger partial charge in [-0.15, -0.1) is 0 Å². The third kappa shape index (κ3) is 4.07. The van der Waals surface area contributed by atoms with Crippen LogP contribution in [0.15, 0.2) is 42.5 Å². The van der Waals surface area contributed by atoms with Crippen molar-refractivity contribution in [2.75, 3.05) is 13.1 Å². The zero-order chi connectivity index (χ0) is 13.5. The highest BCUT2D eigenvalue weighted by Gasteiger charge is 1.99. The number of nitrogens with one attached hydrogen (secondary N) is 2. The van der Waals surface area contributed by atoms with Crippen LogP contribution in [0.25, 0.3) is 10.8 Å². The molecule has 0 atom stereocenters. The van der Waals surface area contributed by atoms with Crippen molar-refractivity contribution in [2.45, 2.75) is 19.9 Å². The number of benzene rings is 2. The van der Waals surface area contributed by atoms with Gasteiger partial charge in [0.25, 0.3) is 0 Å².